The SMILES string of the molecule is OC[C@H]1O[C@H](OC[C@H]2O[C@H](O[C@H]3[C@H](O)[C@@H](CO)OC(O)[C@@H]3O)[C@H](O)[C@@H](O)[C@@H]2O)[C@H](O)[C@@H](O)[C@@H]1O. The molecule has 3 aliphatic heterocycles. The topological polar surface area (TPSA) is 269 Å². The summed E-state index contributed by atoms with van der Waals surface area (Å²) in [4.78, 5) is 0. The predicted octanol–water partition coefficient (Wildman–Crippen LogP) is -7.57. The van der Waals surface area contributed by atoms with E-state index >= 15 is 0 Å². The summed E-state index contributed by atoms with van der Waals surface area (Å²) in [6.45, 7) is -2.06. The zero-order valence-electron chi connectivity index (χ0n) is 17.7. The molecule has 0 amide bonds. The number of ether oxygens (including phenoxy) is 5. The van der Waals surface area contributed by atoms with Crippen LogP contribution in [0.3, 0.4) is 0 Å². The summed E-state index contributed by atoms with van der Waals surface area (Å²) < 4.78 is 26.1. The Balaban J connectivity index is 1.66. The van der Waals surface area contributed by atoms with Crippen molar-refractivity contribution in [1.29, 1.82) is 0 Å². The van der Waals surface area contributed by atoms with E-state index in [1.807, 2.05) is 0 Å². The Morgan fingerprint density at radius 2 is 1.00 bits per heavy atom. The molecule has 3 saturated heterocycles. The maximum absolute atomic E-state index is 10.3. The van der Waals surface area contributed by atoms with Crippen molar-refractivity contribution in [2.75, 3.05) is 19.8 Å². The first-order valence-corrected chi connectivity index (χ1v) is 10.6. The van der Waals surface area contributed by atoms with Gasteiger partial charge in [0.05, 0.1) is 19.8 Å². The molecular weight excluding hydrogens is 472 g/mol. The summed E-state index contributed by atoms with van der Waals surface area (Å²) in [7, 11) is 0. The molecule has 200 valence electrons. The van der Waals surface area contributed by atoms with Crippen LogP contribution in [0.2, 0.25) is 0 Å². The van der Waals surface area contributed by atoms with Gasteiger partial charge in [0.25, 0.3) is 0 Å². The van der Waals surface area contributed by atoms with Crippen LogP contribution in [0.25, 0.3) is 0 Å². The van der Waals surface area contributed by atoms with Gasteiger partial charge in [0, 0.05) is 0 Å². The van der Waals surface area contributed by atoms with E-state index in [2.05, 4.69) is 0 Å². The van der Waals surface area contributed by atoms with Gasteiger partial charge < -0.3 is 79.9 Å². The molecule has 3 rings (SSSR count). The van der Waals surface area contributed by atoms with Crippen LogP contribution in [0.5, 0.6) is 0 Å². The van der Waals surface area contributed by atoms with Crippen LogP contribution in [-0.4, -0.2) is 168 Å². The van der Waals surface area contributed by atoms with Crippen molar-refractivity contribution in [2.24, 2.45) is 0 Å². The van der Waals surface area contributed by atoms with E-state index in [9.17, 15) is 56.2 Å². The van der Waals surface area contributed by atoms with E-state index in [4.69, 9.17) is 23.7 Å². The molecule has 0 saturated carbocycles. The first kappa shape index (κ1) is 27.9. The molecule has 0 spiro atoms. The molecule has 16 heteroatoms. The van der Waals surface area contributed by atoms with E-state index in [1.165, 1.54) is 0 Å². The lowest BCUT2D eigenvalue weighted by Gasteiger charge is -2.45. The molecule has 0 aromatic carbocycles. The van der Waals surface area contributed by atoms with Gasteiger partial charge in [0.1, 0.15) is 73.2 Å². The van der Waals surface area contributed by atoms with Crippen molar-refractivity contribution in [3.05, 3.63) is 0 Å². The van der Waals surface area contributed by atoms with Crippen LogP contribution in [0.15, 0.2) is 0 Å². The maximum atomic E-state index is 10.3. The molecule has 16 nitrogen and oxygen atoms in total. The van der Waals surface area contributed by atoms with Crippen molar-refractivity contribution in [3.8, 4) is 0 Å². The van der Waals surface area contributed by atoms with Crippen LogP contribution in [0.4, 0.5) is 0 Å². The van der Waals surface area contributed by atoms with Gasteiger partial charge in [-0.1, -0.05) is 0 Å². The Hall–Kier alpha value is -0.640. The van der Waals surface area contributed by atoms with Gasteiger partial charge in [-0.2, -0.15) is 0 Å². The molecule has 3 heterocycles. The normalized spacial score (nSPS) is 52.5. The number of rotatable bonds is 7. The van der Waals surface area contributed by atoms with Gasteiger partial charge in [-0.05, 0) is 0 Å². The van der Waals surface area contributed by atoms with E-state index in [1.54, 1.807) is 0 Å². The fourth-order valence-electron chi connectivity index (χ4n) is 3.94. The highest BCUT2D eigenvalue weighted by Crippen LogP contribution is 2.29. The largest absolute Gasteiger partial charge is 0.394 e. The Morgan fingerprint density at radius 3 is 1.59 bits per heavy atom. The average Bonchev–Trinajstić information content (AvgIpc) is 2.82. The van der Waals surface area contributed by atoms with Crippen molar-refractivity contribution in [3.63, 3.8) is 0 Å². The van der Waals surface area contributed by atoms with Gasteiger partial charge in [-0.15, -0.1) is 0 Å². The molecule has 0 aromatic rings. The Morgan fingerprint density at radius 1 is 0.500 bits per heavy atom. The standard InChI is InChI=1S/C18H32O16/c19-1-4-7(21)10(24)12(26)17(32-4)30-3-6-8(22)11(25)13(27)18(33-6)34-15-9(23)5(2-20)31-16(29)14(15)28/h4-29H,1-3H2/t4-,5-,6-,7-,8-,9-,10+,11+,12-,13-,14-,15+,16?,17+,18-/m1/s1. The van der Waals surface area contributed by atoms with Crippen LogP contribution in [-0.2, 0) is 23.7 Å². The van der Waals surface area contributed by atoms with Gasteiger partial charge in [0.2, 0.25) is 0 Å². The molecule has 3 aliphatic rings. The van der Waals surface area contributed by atoms with Crippen LogP contribution in [0, 0.1) is 0 Å². The zero-order valence-corrected chi connectivity index (χ0v) is 17.7. The van der Waals surface area contributed by atoms with Crippen molar-refractivity contribution in [2.45, 2.75) is 92.1 Å². The zero-order chi connectivity index (χ0) is 25.3. The summed E-state index contributed by atoms with van der Waals surface area (Å²) in [6, 6.07) is 0. The van der Waals surface area contributed by atoms with Gasteiger partial charge in [-0.3, -0.25) is 0 Å². The Bertz CT molecular complexity index is 639. The highest BCUT2D eigenvalue weighted by Gasteiger charge is 2.51. The first-order chi connectivity index (χ1) is 16.0. The number of aliphatic hydroxyl groups is 11. The molecule has 34 heavy (non-hydrogen) atoms. The maximum Gasteiger partial charge on any atom is 0.187 e. The number of aliphatic hydroxyl groups excluding tert-OH is 11. The highest BCUT2D eigenvalue weighted by atomic mass is 16.7. The monoisotopic (exact) mass is 504 g/mol. The average molecular weight is 504 g/mol. The lowest BCUT2D eigenvalue weighted by Crippen LogP contribution is -2.65. The minimum Gasteiger partial charge on any atom is -0.394 e. The second-order valence-electron chi connectivity index (χ2n) is 8.37. The van der Waals surface area contributed by atoms with E-state index in [-0.39, 0.29) is 0 Å². The summed E-state index contributed by atoms with van der Waals surface area (Å²) in [5.74, 6) is 0. The summed E-state index contributed by atoms with van der Waals surface area (Å²) in [6.07, 6.45) is -25.0. The third kappa shape index (κ3) is 5.52. The highest BCUT2D eigenvalue weighted by molar-refractivity contribution is 4.94. The molecule has 0 aliphatic carbocycles. The van der Waals surface area contributed by atoms with E-state index < -0.39 is 112 Å². The predicted molar refractivity (Wildman–Crippen MR) is 101 cm³/mol. The molecule has 0 bridgehead atoms. The number of hydrogen-bond donors (Lipinski definition) is 11. The molecule has 0 aromatic heterocycles. The number of hydrogen-bond acceptors (Lipinski definition) is 16. The smallest absolute Gasteiger partial charge is 0.187 e. The summed E-state index contributed by atoms with van der Waals surface area (Å²) in [5, 5.41) is 109. The third-order valence-electron chi connectivity index (χ3n) is 6.07. The Kier molecular flexibility index (Phi) is 9.54. The summed E-state index contributed by atoms with van der Waals surface area (Å²) >= 11 is 0. The van der Waals surface area contributed by atoms with Crippen LogP contribution in [0.1, 0.15) is 0 Å². The van der Waals surface area contributed by atoms with Gasteiger partial charge in [-0.25, -0.2) is 0 Å². The van der Waals surface area contributed by atoms with E-state index in [0.717, 1.165) is 0 Å². The minimum atomic E-state index is -1.88. The quantitative estimate of drug-likeness (QED) is 0.154. The van der Waals surface area contributed by atoms with Crippen molar-refractivity contribution >= 4 is 0 Å². The molecule has 0 radical (unpaired) electrons. The van der Waals surface area contributed by atoms with Crippen molar-refractivity contribution < 1.29 is 79.9 Å². The first-order valence-electron chi connectivity index (χ1n) is 10.6. The molecular formula is C18H32O16. The fraction of sp³-hybridized carbons (Fsp3) is 1.00. The molecule has 1 unspecified atom stereocenters. The van der Waals surface area contributed by atoms with Crippen LogP contribution >= 0.6 is 0 Å². The molecule has 3 fully saturated rings. The summed E-state index contributed by atoms with van der Waals surface area (Å²) in [5.41, 5.74) is 0. The van der Waals surface area contributed by atoms with Crippen LogP contribution < -0.4 is 0 Å². The third-order valence-corrected chi connectivity index (χ3v) is 6.07. The van der Waals surface area contributed by atoms with Gasteiger partial charge in [0.15, 0.2) is 18.9 Å². The Labute approximate surface area is 192 Å². The lowest BCUT2D eigenvalue weighted by molar-refractivity contribution is -0.362. The fourth-order valence-corrected chi connectivity index (χ4v) is 3.94. The van der Waals surface area contributed by atoms with Gasteiger partial charge >= 0.3 is 0 Å². The molecule has 15 atom stereocenters. The molecule has 11 N–H and O–H groups in total. The minimum absolute atomic E-state index is 0.617. The second-order valence-corrected chi connectivity index (χ2v) is 8.37. The second kappa shape index (κ2) is 11.6. The van der Waals surface area contributed by atoms with E-state index in [0.29, 0.717) is 0 Å². The lowest BCUT2D eigenvalue weighted by atomic mass is 9.97. The van der Waals surface area contributed by atoms with Crippen molar-refractivity contribution in [1.82, 2.24) is 0 Å².